The van der Waals surface area contributed by atoms with Crippen molar-refractivity contribution in [3.8, 4) is 0 Å². The lowest BCUT2D eigenvalue weighted by Gasteiger charge is -2.25. The summed E-state index contributed by atoms with van der Waals surface area (Å²) >= 11 is 6.11. The smallest absolute Gasteiger partial charge is 0.319 e. The van der Waals surface area contributed by atoms with Crippen molar-refractivity contribution in [2.24, 2.45) is 0 Å². The van der Waals surface area contributed by atoms with E-state index in [-0.39, 0.29) is 18.0 Å². The third kappa shape index (κ3) is 4.55. The highest BCUT2D eigenvalue weighted by molar-refractivity contribution is 6.31. The van der Waals surface area contributed by atoms with Gasteiger partial charge in [0.25, 0.3) is 0 Å². The molecule has 1 fully saturated rings. The second-order valence-electron chi connectivity index (χ2n) is 6.47. The molecule has 2 aromatic carbocycles. The Labute approximate surface area is 158 Å². The zero-order valence-corrected chi connectivity index (χ0v) is 15.4. The van der Waals surface area contributed by atoms with E-state index >= 15 is 0 Å². The highest BCUT2D eigenvalue weighted by Crippen LogP contribution is 2.21. The Morgan fingerprint density at radius 2 is 2.00 bits per heavy atom. The van der Waals surface area contributed by atoms with E-state index in [2.05, 4.69) is 10.6 Å². The van der Waals surface area contributed by atoms with Gasteiger partial charge in [0.15, 0.2) is 0 Å². The van der Waals surface area contributed by atoms with Crippen LogP contribution >= 0.6 is 11.6 Å². The Morgan fingerprint density at radius 1 is 1.23 bits per heavy atom. The number of urea groups is 1. The summed E-state index contributed by atoms with van der Waals surface area (Å²) in [6.45, 7) is 3.11. The van der Waals surface area contributed by atoms with Crippen molar-refractivity contribution in [2.75, 3.05) is 18.4 Å². The molecule has 1 unspecified atom stereocenters. The molecule has 0 aromatic heterocycles. The van der Waals surface area contributed by atoms with Gasteiger partial charge in [0, 0.05) is 30.2 Å². The van der Waals surface area contributed by atoms with Gasteiger partial charge in [0.2, 0.25) is 5.91 Å². The first-order chi connectivity index (χ1) is 12.5. The lowest BCUT2D eigenvalue weighted by Crippen LogP contribution is -2.40. The molecular weight excluding hydrogens is 350 g/mol. The Balaban J connectivity index is 1.71. The van der Waals surface area contributed by atoms with Crippen molar-refractivity contribution in [2.45, 2.75) is 25.8 Å². The molecule has 0 spiro atoms. The summed E-state index contributed by atoms with van der Waals surface area (Å²) in [6, 6.07) is 14.5. The fourth-order valence-electron chi connectivity index (χ4n) is 3.03. The maximum atomic E-state index is 12.5. The van der Waals surface area contributed by atoms with Crippen LogP contribution in [0, 0.1) is 6.92 Å². The van der Waals surface area contributed by atoms with Crippen LogP contribution in [0.25, 0.3) is 0 Å². The van der Waals surface area contributed by atoms with Gasteiger partial charge in [-0.1, -0.05) is 48.0 Å². The number of halogens is 1. The normalized spacial score (nSPS) is 15.0. The second-order valence-corrected chi connectivity index (χ2v) is 6.88. The summed E-state index contributed by atoms with van der Waals surface area (Å²) in [5.74, 6) is 0.137. The van der Waals surface area contributed by atoms with E-state index in [1.165, 1.54) is 0 Å². The Bertz CT molecular complexity index is 795. The third-order valence-corrected chi connectivity index (χ3v) is 4.92. The molecule has 1 heterocycles. The lowest BCUT2D eigenvalue weighted by molar-refractivity contribution is -0.128. The van der Waals surface area contributed by atoms with Crippen LogP contribution in [0.2, 0.25) is 5.02 Å². The topological polar surface area (TPSA) is 61.4 Å². The summed E-state index contributed by atoms with van der Waals surface area (Å²) in [6.07, 6.45) is 1.45. The van der Waals surface area contributed by atoms with Gasteiger partial charge in [-0.3, -0.25) is 4.79 Å². The minimum absolute atomic E-state index is 0.137. The van der Waals surface area contributed by atoms with Crippen LogP contribution in [0.1, 0.15) is 30.0 Å². The first-order valence-corrected chi connectivity index (χ1v) is 9.07. The molecule has 2 aromatic rings. The minimum Gasteiger partial charge on any atom is -0.340 e. The molecule has 5 nitrogen and oxygen atoms in total. The molecule has 3 rings (SSSR count). The largest absolute Gasteiger partial charge is 0.340 e. The molecular formula is C20H22ClN3O2. The van der Waals surface area contributed by atoms with Crippen LogP contribution in [-0.2, 0) is 4.79 Å². The van der Waals surface area contributed by atoms with Crippen molar-refractivity contribution >= 4 is 29.2 Å². The summed E-state index contributed by atoms with van der Waals surface area (Å²) in [7, 11) is 0. The number of nitrogens with one attached hydrogen (secondary N) is 2. The van der Waals surface area contributed by atoms with Crippen LogP contribution < -0.4 is 10.6 Å². The maximum absolute atomic E-state index is 12.5. The Morgan fingerprint density at radius 3 is 2.65 bits per heavy atom. The monoisotopic (exact) mass is 371 g/mol. The van der Waals surface area contributed by atoms with E-state index in [0.29, 0.717) is 23.7 Å². The molecule has 0 bridgehead atoms. The molecule has 6 heteroatoms. The van der Waals surface area contributed by atoms with Crippen LogP contribution in [0.4, 0.5) is 10.5 Å². The second kappa shape index (κ2) is 8.23. The molecule has 1 aliphatic rings. The Kier molecular flexibility index (Phi) is 5.78. The quantitative estimate of drug-likeness (QED) is 0.830. The van der Waals surface area contributed by atoms with E-state index < -0.39 is 0 Å². The summed E-state index contributed by atoms with van der Waals surface area (Å²) < 4.78 is 0. The molecule has 0 aliphatic carbocycles. The van der Waals surface area contributed by atoms with Crippen LogP contribution in [0.5, 0.6) is 0 Å². The number of anilines is 1. The fraction of sp³-hybridized carbons (Fsp3) is 0.300. The number of carbonyl (C=O) groups excluding carboxylic acids is 2. The number of amides is 3. The van der Waals surface area contributed by atoms with E-state index in [0.717, 1.165) is 24.1 Å². The first kappa shape index (κ1) is 18.3. The van der Waals surface area contributed by atoms with E-state index in [4.69, 9.17) is 11.6 Å². The van der Waals surface area contributed by atoms with Gasteiger partial charge >= 0.3 is 6.03 Å². The van der Waals surface area contributed by atoms with Crippen molar-refractivity contribution in [3.63, 3.8) is 0 Å². The van der Waals surface area contributed by atoms with Gasteiger partial charge in [-0.25, -0.2) is 4.79 Å². The van der Waals surface area contributed by atoms with Crippen LogP contribution in [-0.4, -0.2) is 29.9 Å². The van der Waals surface area contributed by atoms with Gasteiger partial charge in [0.05, 0.1) is 6.04 Å². The standard InChI is InChI=1S/C20H22ClN3O2/c1-14-9-10-16(12-17(14)21)22-20(26)23-18(15-6-3-2-4-7-15)13-24-11-5-8-19(24)25/h2-4,6-7,9-10,12,18H,5,8,11,13H2,1H3,(H2,22,23,26). The average molecular weight is 372 g/mol. The molecule has 136 valence electrons. The van der Waals surface area contributed by atoms with E-state index in [1.54, 1.807) is 11.0 Å². The van der Waals surface area contributed by atoms with Crippen LogP contribution in [0.3, 0.4) is 0 Å². The van der Waals surface area contributed by atoms with Gasteiger partial charge < -0.3 is 15.5 Å². The number of rotatable bonds is 5. The maximum Gasteiger partial charge on any atom is 0.319 e. The summed E-state index contributed by atoms with van der Waals surface area (Å²) in [5.41, 5.74) is 2.54. The molecule has 1 saturated heterocycles. The van der Waals surface area contributed by atoms with Gasteiger partial charge in [-0.05, 0) is 36.6 Å². The predicted octanol–water partition coefficient (Wildman–Crippen LogP) is 4.13. The van der Waals surface area contributed by atoms with Gasteiger partial charge in [-0.15, -0.1) is 0 Å². The zero-order chi connectivity index (χ0) is 18.5. The summed E-state index contributed by atoms with van der Waals surface area (Å²) in [5, 5.41) is 6.39. The molecule has 0 saturated carbocycles. The lowest BCUT2D eigenvalue weighted by atomic mass is 10.1. The summed E-state index contributed by atoms with van der Waals surface area (Å²) in [4.78, 5) is 26.3. The predicted molar refractivity (Wildman–Crippen MR) is 103 cm³/mol. The van der Waals surface area contributed by atoms with E-state index in [1.807, 2.05) is 49.4 Å². The van der Waals surface area contributed by atoms with Crippen molar-refractivity contribution < 1.29 is 9.59 Å². The Hall–Kier alpha value is -2.53. The van der Waals surface area contributed by atoms with Crippen molar-refractivity contribution in [1.29, 1.82) is 0 Å². The molecule has 0 radical (unpaired) electrons. The highest BCUT2D eigenvalue weighted by atomic mass is 35.5. The molecule has 3 amide bonds. The van der Waals surface area contributed by atoms with Gasteiger partial charge in [-0.2, -0.15) is 0 Å². The fourth-order valence-corrected chi connectivity index (χ4v) is 3.21. The molecule has 1 atom stereocenters. The molecule has 2 N–H and O–H groups in total. The number of hydrogen-bond donors (Lipinski definition) is 2. The third-order valence-electron chi connectivity index (χ3n) is 4.51. The van der Waals surface area contributed by atoms with Crippen LogP contribution in [0.15, 0.2) is 48.5 Å². The number of benzene rings is 2. The molecule has 1 aliphatic heterocycles. The number of likely N-dealkylation sites (tertiary alicyclic amines) is 1. The van der Waals surface area contributed by atoms with Gasteiger partial charge in [0.1, 0.15) is 0 Å². The van der Waals surface area contributed by atoms with E-state index in [9.17, 15) is 9.59 Å². The van der Waals surface area contributed by atoms with Crippen molar-refractivity contribution in [1.82, 2.24) is 10.2 Å². The zero-order valence-electron chi connectivity index (χ0n) is 14.7. The number of carbonyl (C=O) groups is 2. The average Bonchev–Trinajstić information content (AvgIpc) is 3.03. The highest BCUT2D eigenvalue weighted by Gasteiger charge is 2.25. The SMILES string of the molecule is Cc1ccc(NC(=O)NC(CN2CCCC2=O)c2ccccc2)cc1Cl. The number of hydrogen-bond acceptors (Lipinski definition) is 2. The first-order valence-electron chi connectivity index (χ1n) is 8.69. The minimum atomic E-state index is -0.328. The number of aryl methyl sites for hydroxylation is 1. The number of nitrogens with zero attached hydrogens (tertiary/aromatic N) is 1. The molecule has 26 heavy (non-hydrogen) atoms. The van der Waals surface area contributed by atoms with Crippen molar-refractivity contribution in [3.05, 3.63) is 64.7 Å².